The average Bonchev–Trinajstić information content (AvgIpc) is 3.06. The number of hydrogen-bond donors (Lipinski definition) is 1. The molecule has 3 rings (SSSR count). The summed E-state index contributed by atoms with van der Waals surface area (Å²) in [4.78, 5) is 14.7. The maximum absolute atomic E-state index is 13.7. The van der Waals surface area contributed by atoms with Crippen LogP contribution in [0.4, 0.5) is 4.39 Å². The lowest BCUT2D eigenvalue weighted by molar-refractivity contribution is -0.132. The molecule has 1 amide bonds. The highest BCUT2D eigenvalue weighted by molar-refractivity contribution is 5.77. The lowest BCUT2D eigenvalue weighted by Crippen LogP contribution is -2.40. The van der Waals surface area contributed by atoms with Crippen molar-refractivity contribution in [2.45, 2.75) is 44.2 Å². The molecule has 0 unspecified atom stereocenters. The van der Waals surface area contributed by atoms with Gasteiger partial charge in [0.05, 0.1) is 0 Å². The third kappa shape index (κ3) is 4.67. The van der Waals surface area contributed by atoms with Crippen molar-refractivity contribution >= 4 is 5.91 Å². The number of rotatable bonds is 6. The minimum Gasteiger partial charge on any atom is -0.339 e. The van der Waals surface area contributed by atoms with Gasteiger partial charge in [-0.2, -0.15) is 0 Å². The summed E-state index contributed by atoms with van der Waals surface area (Å²) in [5.41, 5.74) is 7.95. The molecule has 1 aliphatic heterocycles. The first-order valence-corrected chi connectivity index (χ1v) is 8.96. The van der Waals surface area contributed by atoms with Crippen molar-refractivity contribution in [3.8, 4) is 0 Å². The van der Waals surface area contributed by atoms with E-state index in [0.29, 0.717) is 12.0 Å². The fourth-order valence-corrected chi connectivity index (χ4v) is 3.62. The van der Waals surface area contributed by atoms with Gasteiger partial charge in [0.25, 0.3) is 0 Å². The summed E-state index contributed by atoms with van der Waals surface area (Å²) in [6, 6.07) is 16.8. The molecule has 0 aromatic heterocycles. The predicted molar refractivity (Wildman–Crippen MR) is 97.6 cm³/mol. The second-order valence-corrected chi connectivity index (χ2v) is 6.83. The molecule has 2 N–H and O–H groups in total. The molecule has 0 saturated carbocycles. The van der Waals surface area contributed by atoms with Crippen molar-refractivity contribution in [2.75, 3.05) is 6.54 Å². The van der Waals surface area contributed by atoms with Crippen molar-refractivity contribution < 1.29 is 9.18 Å². The monoisotopic (exact) mass is 340 g/mol. The maximum atomic E-state index is 13.7. The zero-order valence-corrected chi connectivity index (χ0v) is 14.4. The number of hydrogen-bond acceptors (Lipinski definition) is 2. The molecule has 0 spiro atoms. The van der Waals surface area contributed by atoms with E-state index in [0.717, 1.165) is 25.8 Å². The van der Waals surface area contributed by atoms with Crippen LogP contribution in [0.25, 0.3) is 0 Å². The zero-order valence-electron chi connectivity index (χ0n) is 14.4. The summed E-state index contributed by atoms with van der Waals surface area (Å²) in [6.07, 6.45) is 3.60. The quantitative estimate of drug-likeness (QED) is 0.877. The van der Waals surface area contributed by atoms with Gasteiger partial charge in [0.15, 0.2) is 0 Å². The number of likely N-dealkylation sites (tertiary alicyclic amines) is 1. The predicted octanol–water partition coefficient (Wildman–Crippen LogP) is 3.32. The summed E-state index contributed by atoms with van der Waals surface area (Å²) in [5.74, 6) is -0.171. The zero-order chi connectivity index (χ0) is 17.6. The topological polar surface area (TPSA) is 46.3 Å². The van der Waals surface area contributed by atoms with Gasteiger partial charge in [0.2, 0.25) is 5.91 Å². The number of benzene rings is 2. The highest BCUT2D eigenvalue weighted by Gasteiger charge is 2.29. The van der Waals surface area contributed by atoms with Crippen LogP contribution in [-0.2, 0) is 17.6 Å². The van der Waals surface area contributed by atoms with Crippen molar-refractivity contribution in [3.05, 3.63) is 71.5 Å². The summed E-state index contributed by atoms with van der Waals surface area (Å²) in [6.45, 7) is 0.794. The van der Waals surface area contributed by atoms with Gasteiger partial charge in [-0.15, -0.1) is 0 Å². The van der Waals surface area contributed by atoms with E-state index in [1.165, 1.54) is 11.6 Å². The lowest BCUT2D eigenvalue weighted by atomic mass is 10.0. The average molecular weight is 340 g/mol. The molecule has 2 aromatic rings. The number of nitrogens with zero attached hydrogens (tertiary/aromatic N) is 1. The summed E-state index contributed by atoms with van der Waals surface area (Å²) >= 11 is 0. The smallest absolute Gasteiger partial charge is 0.224 e. The van der Waals surface area contributed by atoms with E-state index in [2.05, 4.69) is 12.1 Å². The van der Waals surface area contributed by atoms with E-state index >= 15 is 0 Å². The fraction of sp³-hybridized carbons (Fsp3) is 0.381. The van der Waals surface area contributed by atoms with Crippen LogP contribution in [0.15, 0.2) is 54.6 Å². The molecule has 2 aromatic carbocycles. The molecule has 3 nitrogen and oxygen atoms in total. The van der Waals surface area contributed by atoms with Gasteiger partial charge in [0.1, 0.15) is 5.82 Å². The van der Waals surface area contributed by atoms with Crippen LogP contribution in [0.5, 0.6) is 0 Å². The Morgan fingerprint density at radius 2 is 1.88 bits per heavy atom. The minimum absolute atomic E-state index is 0.0854. The molecule has 1 heterocycles. The van der Waals surface area contributed by atoms with Crippen LogP contribution >= 0.6 is 0 Å². The second-order valence-electron chi connectivity index (χ2n) is 6.83. The van der Waals surface area contributed by atoms with Crippen molar-refractivity contribution in [2.24, 2.45) is 5.73 Å². The highest BCUT2D eigenvalue weighted by Crippen LogP contribution is 2.22. The normalized spacial score (nSPS) is 18.3. The van der Waals surface area contributed by atoms with Crippen LogP contribution in [0.2, 0.25) is 0 Å². The fourth-order valence-electron chi connectivity index (χ4n) is 3.62. The van der Waals surface area contributed by atoms with E-state index in [1.54, 1.807) is 18.2 Å². The van der Waals surface area contributed by atoms with Crippen molar-refractivity contribution in [1.29, 1.82) is 0 Å². The molecule has 4 heteroatoms. The van der Waals surface area contributed by atoms with E-state index in [9.17, 15) is 9.18 Å². The maximum Gasteiger partial charge on any atom is 0.224 e. The Balaban J connectivity index is 1.57. The summed E-state index contributed by atoms with van der Waals surface area (Å²) < 4.78 is 13.7. The SMILES string of the molecule is N[C@@H](CC(=O)N1CCC[C@@H]1Cc1ccccc1)Cc1ccccc1F. The summed E-state index contributed by atoms with van der Waals surface area (Å²) in [7, 11) is 0. The Morgan fingerprint density at radius 3 is 2.64 bits per heavy atom. The third-order valence-electron chi connectivity index (χ3n) is 4.89. The van der Waals surface area contributed by atoms with Gasteiger partial charge in [-0.25, -0.2) is 4.39 Å². The molecule has 132 valence electrons. The molecule has 2 atom stereocenters. The number of nitrogens with two attached hydrogens (primary N) is 1. The van der Waals surface area contributed by atoms with E-state index in [4.69, 9.17) is 5.73 Å². The first-order valence-electron chi connectivity index (χ1n) is 8.96. The Hall–Kier alpha value is -2.20. The summed E-state index contributed by atoms with van der Waals surface area (Å²) in [5, 5.41) is 0. The van der Waals surface area contributed by atoms with Crippen molar-refractivity contribution in [1.82, 2.24) is 4.90 Å². The molecule has 1 fully saturated rings. The van der Waals surface area contributed by atoms with Crippen LogP contribution in [0, 0.1) is 5.82 Å². The van der Waals surface area contributed by atoms with E-state index in [1.807, 2.05) is 23.1 Å². The molecular formula is C21H25FN2O. The van der Waals surface area contributed by atoms with Crippen LogP contribution in [-0.4, -0.2) is 29.4 Å². The van der Waals surface area contributed by atoms with Gasteiger partial charge in [0, 0.05) is 25.0 Å². The Labute approximate surface area is 148 Å². The first-order chi connectivity index (χ1) is 12.1. The number of amides is 1. The van der Waals surface area contributed by atoms with E-state index < -0.39 is 0 Å². The van der Waals surface area contributed by atoms with Crippen LogP contribution in [0.3, 0.4) is 0 Å². The molecule has 0 radical (unpaired) electrons. The largest absolute Gasteiger partial charge is 0.339 e. The van der Waals surface area contributed by atoms with Gasteiger partial charge < -0.3 is 10.6 Å². The molecule has 1 aliphatic rings. The Bertz CT molecular complexity index is 704. The van der Waals surface area contributed by atoms with Gasteiger partial charge in [-0.05, 0) is 42.9 Å². The standard InChI is InChI=1S/C21H25FN2O/c22-20-11-5-4-9-17(20)14-18(23)15-21(25)24-12-6-10-19(24)13-16-7-2-1-3-8-16/h1-5,7-9,11,18-19H,6,10,12-15,23H2/t18-,19-/m1/s1. The van der Waals surface area contributed by atoms with Gasteiger partial charge in [-0.1, -0.05) is 48.5 Å². The highest BCUT2D eigenvalue weighted by atomic mass is 19.1. The lowest BCUT2D eigenvalue weighted by Gasteiger charge is -2.26. The Morgan fingerprint density at radius 1 is 1.16 bits per heavy atom. The van der Waals surface area contributed by atoms with Gasteiger partial charge in [-0.3, -0.25) is 4.79 Å². The second kappa shape index (κ2) is 8.26. The molecule has 0 aliphatic carbocycles. The van der Waals surface area contributed by atoms with Crippen molar-refractivity contribution in [3.63, 3.8) is 0 Å². The van der Waals surface area contributed by atoms with E-state index in [-0.39, 0.29) is 30.2 Å². The molecule has 1 saturated heterocycles. The number of halogens is 1. The first kappa shape index (κ1) is 17.6. The van der Waals surface area contributed by atoms with Crippen LogP contribution < -0.4 is 5.73 Å². The Kier molecular flexibility index (Phi) is 5.82. The number of carbonyl (C=O) groups excluding carboxylic acids is 1. The van der Waals surface area contributed by atoms with Crippen LogP contribution in [0.1, 0.15) is 30.4 Å². The molecular weight excluding hydrogens is 315 g/mol. The minimum atomic E-state index is -0.359. The molecule has 25 heavy (non-hydrogen) atoms. The number of carbonyl (C=O) groups is 1. The molecule has 0 bridgehead atoms. The van der Waals surface area contributed by atoms with Gasteiger partial charge >= 0.3 is 0 Å². The third-order valence-corrected chi connectivity index (χ3v) is 4.89.